The molecule has 3 aromatic rings. The summed E-state index contributed by atoms with van der Waals surface area (Å²) in [6, 6.07) is 9.54. The van der Waals surface area contributed by atoms with Crippen molar-refractivity contribution in [3.05, 3.63) is 46.8 Å². The third-order valence-corrected chi connectivity index (χ3v) is 4.40. The Balaban J connectivity index is 1.90. The van der Waals surface area contributed by atoms with Crippen LogP contribution >= 0.6 is 27.7 Å². The van der Waals surface area contributed by atoms with E-state index < -0.39 is 6.23 Å². The van der Waals surface area contributed by atoms with Gasteiger partial charge in [-0.15, -0.1) is 10.2 Å². The molecule has 6 nitrogen and oxygen atoms in total. The fourth-order valence-corrected chi connectivity index (χ4v) is 2.98. The molecule has 116 valence electrons. The van der Waals surface area contributed by atoms with Crippen LogP contribution in [0.25, 0.3) is 11.3 Å². The molecule has 1 aliphatic heterocycles. The average molecular weight is 391 g/mol. The molecule has 23 heavy (non-hydrogen) atoms. The van der Waals surface area contributed by atoms with E-state index >= 15 is 0 Å². The number of furan rings is 1. The van der Waals surface area contributed by atoms with Crippen LogP contribution in [0.2, 0.25) is 0 Å². The Morgan fingerprint density at radius 3 is 2.96 bits per heavy atom. The Hall–Kier alpha value is -2.06. The molecule has 0 fully saturated rings. The molecule has 0 unspecified atom stereocenters. The summed E-state index contributed by atoms with van der Waals surface area (Å²) in [6.45, 7) is 0. The summed E-state index contributed by atoms with van der Waals surface area (Å²) < 4.78 is 12.4. The maximum atomic E-state index is 6.02. The highest BCUT2D eigenvalue weighted by atomic mass is 79.9. The van der Waals surface area contributed by atoms with E-state index in [2.05, 4.69) is 36.4 Å². The summed E-state index contributed by atoms with van der Waals surface area (Å²) in [5.41, 5.74) is 2.35. The molecular weight excluding hydrogens is 380 g/mol. The first-order chi connectivity index (χ1) is 11.2. The lowest BCUT2D eigenvalue weighted by atomic mass is 10.1. The quantitative estimate of drug-likeness (QED) is 0.659. The molecule has 8 heteroatoms. The Morgan fingerprint density at radius 1 is 1.26 bits per heavy atom. The van der Waals surface area contributed by atoms with Gasteiger partial charge in [-0.3, -0.25) is 0 Å². The first-order valence-electron chi connectivity index (χ1n) is 6.80. The van der Waals surface area contributed by atoms with Crippen LogP contribution in [0, 0.1) is 0 Å². The van der Waals surface area contributed by atoms with Gasteiger partial charge in [-0.05, 0) is 36.6 Å². The van der Waals surface area contributed by atoms with E-state index in [0.29, 0.717) is 22.5 Å². The largest absolute Gasteiger partial charge is 0.463 e. The molecule has 3 heterocycles. The first kappa shape index (κ1) is 14.5. The topological polar surface area (TPSA) is 73.1 Å². The number of rotatable bonds is 2. The maximum absolute atomic E-state index is 6.02. The normalized spacial score (nSPS) is 15.8. The molecule has 2 aromatic heterocycles. The van der Waals surface area contributed by atoms with Crippen LogP contribution in [0.1, 0.15) is 12.0 Å². The predicted octanol–water partition coefficient (Wildman–Crippen LogP) is 4.12. The van der Waals surface area contributed by atoms with Gasteiger partial charge in [0.05, 0.1) is 6.26 Å². The van der Waals surface area contributed by atoms with E-state index in [1.807, 2.05) is 36.6 Å². The Kier molecular flexibility index (Phi) is 3.70. The standard InChI is InChI=1S/C15H11BrN4O2S/c1-23-15-18-14-12(19-20-15)9-7-8(16)4-5-10(9)17-13(22-14)11-3-2-6-21-11/h2-7,13,17H,1H3/t13-/m1/s1. The lowest BCUT2D eigenvalue weighted by Crippen LogP contribution is -2.16. The van der Waals surface area contributed by atoms with E-state index in [0.717, 1.165) is 15.7 Å². The summed E-state index contributed by atoms with van der Waals surface area (Å²) in [5.74, 6) is 1.09. The van der Waals surface area contributed by atoms with Gasteiger partial charge < -0.3 is 14.5 Å². The predicted molar refractivity (Wildman–Crippen MR) is 90.4 cm³/mol. The zero-order valence-electron chi connectivity index (χ0n) is 12.0. The van der Waals surface area contributed by atoms with Crippen molar-refractivity contribution >= 4 is 33.4 Å². The van der Waals surface area contributed by atoms with Gasteiger partial charge in [-0.1, -0.05) is 27.7 Å². The fourth-order valence-electron chi connectivity index (χ4n) is 2.33. The van der Waals surface area contributed by atoms with Crippen molar-refractivity contribution in [1.29, 1.82) is 0 Å². The minimum Gasteiger partial charge on any atom is -0.463 e. The molecule has 0 spiro atoms. The van der Waals surface area contributed by atoms with Gasteiger partial charge in [-0.2, -0.15) is 4.98 Å². The van der Waals surface area contributed by atoms with Crippen LogP contribution < -0.4 is 10.1 Å². The number of nitrogens with zero attached hydrogens (tertiary/aromatic N) is 3. The Labute approximate surface area is 144 Å². The summed E-state index contributed by atoms with van der Waals surface area (Å²) in [7, 11) is 0. The molecule has 1 N–H and O–H groups in total. The summed E-state index contributed by atoms with van der Waals surface area (Å²) in [6.07, 6.45) is 3.02. The molecule has 1 atom stereocenters. The maximum Gasteiger partial charge on any atom is 0.247 e. The van der Waals surface area contributed by atoms with Gasteiger partial charge in [0.2, 0.25) is 17.3 Å². The monoisotopic (exact) mass is 390 g/mol. The Bertz CT molecular complexity index is 857. The molecule has 0 saturated carbocycles. The van der Waals surface area contributed by atoms with E-state index in [1.54, 1.807) is 6.26 Å². The second kappa shape index (κ2) is 5.86. The molecule has 0 aliphatic carbocycles. The SMILES string of the molecule is CSc1nnc2c(n1)O[C@H](c1ccco1)Nc1ccc(Br)cc1-2. The van der Waals surface area contributed by atoms with Crippen LogP contribution in [0.5, 0.6) is 5.88 Å². The van der Waals surface area contributed by atoms with Gasteiger partial charge in [0.1, 0.15) is 0 Å². The summed E-state index contributed by atoms with van der Waals surface area (Å²) >= 11 is 4.90. The van der Waals surface area contributed by atoms with Gasteiger partial charge in [-0.25, -0.2) is 0 Å². The molecule has 4 rings (SSSR count). The number of nitrogens with one attached hydrogen (secondary N) is 1. The van der Waals surface area contributed by atoms with Crippen LogP contribution in [-0.4, -0.2) is 21.4 Å². The summed E-state index contributed by atoms with van der Waals surface area (Å²) in [4.78, 5) is 4.45. The highest BCUT2D eigenvalue weighted by Gasteiger charge is 2.27. The Morgan fingerprint density at radius 2 is 2.17 bits per heavy atom. The van der Waals surface area contributed by atoms with Crippen molar-refractivity contribution in [2.24, 2.45) is 0 Å². The highest BCUT2D eigenvalue weighted by molar-refractivity contribution is 9.10. The molecule has 0 radical (unpaired) electrons. The number of ether oxygens (including phenoxy) is 1. The molecule has 0 saturated heterocycles. The lowest BCUT2D eigenvalue weighted by Gasteiger charge is -2.16. The van der Waals surface area contributed by atoms with Crippen LogP contribution in [0.3, 0.4) is 0 Å². The van der Waals surface area contributed by atoms with Crippen LogP contribution in [-0.2, 0) is 0 Å². The van der Waals surface area contributed by atoms with Crippen molar-refractivity contribution in [2.45, 2.75) is 11.4 Å². The van der Waals surface area contributed by atoms with Crippen molar-refractivity contribution in [3.63, 3.8) is 0 Å². The summed E-state index contributed by atoms with van der Waals surface area (Å²) in [5, 5.41) is 12.3. The average Bonchev–Trinajstić information content (AvgIpc) is 3.05. The smallest absolute Gasteiger partial charge is 0.247 e. The molecule has 1 aromatic carbocycles. The lowest BCUT2D eigenvalue weighted by molar-refractivity contribution is 0.195. The van der Waals surface area contributed by atoms with Crippen LogP contribution in [0.15, 0.2) is 50.6 Å². The van der Waals surface area contributed by atoms with E-state index in [1.165, 1.54) is 11.8 Å². The second-order valence-electron chi connectivity index (χ2n) is 4.80. The van der Waals surface area contributed by atoms with Gasteiger partial charge in [0.15, 0.2) is 11.5 Å². The number of halogens is 1. The number of hydrogen-bond donors (Lipinski definition) is 1. The number of benzene rings is 1. The minimum absolute atomic E-state index is 0.426. The van der Waals surface area contributed by atoms with Gasteiger partial charge >= 0.3 is 0 Å². The second-order valence-corrected chi connectivity index (χ2v) is 6.49. The van der Waals surface area contributed by atoms with Crippen molar-refractivity contribution in [2.75, 3.05) is 11.6 Å². The molecule has 0 amide bonds. The molecular formula is C15H11BrN4O2S. The van der Waals surface area contributed by atoms with Crippen molar-refractivity contribution in [3.8, 4) is 17.1 Å². The van der Waals surface area contributed by atoms with E-state index in [9.17, 15) is 0 Å². The zero-order valence-corrected chi connectivity index (χ0v) is 14.4. The first-order valence-corrected chi connectivity index (χ1v) is 8.81. The third-order valence-electron chi connectivity index (χ3n) is 3.37. The van der Waals surface area contributed by atoms with Gasteiger partial charge in [0, 0.05) is 15.7 Å². The van der Waals surface area contributed by atoms with Crippen molar-refractivity contribution < 1.29 is 9.15 Å². The van der Waals surface area contributed by atoms with E-state index in [-0.39, 0.29) is 0 Å². The zero-order chi connectivity index (χ0) is 15.8. The molecule has 1 aliphatic rings. The number of anilines is 1. The van der Waals surface area contributed by atoms with Crippen LogP contribution in [0.4, 0.5) is 5.69 Å². The number of thioether (sulfide) groups is 1. The number of hydrogen-bond acceptors (Lipinski definition) is 7. The third kappa shape index (κ3) is 2.68. The number of aromatic nitrogens is 3. The number of fused-ring (bicyclic) bond motifs is 3. The molecule has 0 bridgehead atoms. The van der Waals surface area contributed by atoms with E-state index in [4.69, 9.17) is 9.15 Å². The fraction of sp³-hybridized carbons (Fsp3) is 0.133. The van der Waals surface area contributed by atoms with Gasteiger partial charge in [0.25, 0.3) is 0 Å². The minimum atomic E-state index is -0.488. The highest BCUT2D eigenvalue weighted by Crippen LogP contribution is 2.40. The van der Waals surface area contributed by atoms with Crippen molar-refractivity contribution in [1.82, 2.24) is 15.2 Å².